The van der Waals surface area contributed by atoms with Gasteiger partial charge in [0.05, 0.1) is 24.2 Å². The SMILES string of the molecule is COCCN(C)C(=O)[C@H]1CCc2c(sc3ncnc(Nc4cc5c(cc4Br)CN=C5)c23)C1. The molecule has 1 N–H and O–H groups in total. The molecule has 2 aliphatic rings. The highest BCUT2D eigenvalue weighted by molar-refractivity contribution is 9.10. The van der Waals surface area contributed by atoms with Crippen molar-refractivity contribution in [3.63, 3.8) is 0 Å². The smallest absolute Gasteiger partial charge is 0.225 e. The number of anilines is 2. The highest BCUT2D eigenvalue weighted by atomic mass is 79.9. The number of aromatic nitrogens is 2. The number of carbonyl (C=O) groups excluding carboxylic acids is 1. The van der Waals surface area contributed by atoms with Crippen molar-refractivity contribution in [1.82, 2.24) is 14.9 Å². The summed E-state index contributed by atoms with van der Waals surface area (Å²) in [5.41, 5.74) is 4.58. The molecular weight excluding hydrogens is 490 g/mol. The number of hydrogen-bond donors (Lipinski definition) is 1. The largest absolute Gasteiger partial charge is 0.383 e. The standard InChI is InChI=1S/C23H24BrN5O2S/c1-29(5-6-31-2)23(30)13-3-4-16-19(9-13)32-22-20(16)21(26-12-27-22)28-18-8-15-11-25-10-14(15)7-17(18)24/h7-8,11-13H,3-6,9-10H2,1-2H3,(H,26,27,28)/t13-/m0/s1. The van der Waals surface area contributed by atoms with Gasteiger partial charge in [-0.1, -0.05) is 0 Å². The second kappa shape index (κ2) is 8.88. The zero-order valence-corrected chi connectivity index (χ0v) is 20.4. The fraction of sp³-hybridized carbons (Fsp3) is 0.391. The van der Waals surface area contributed by atoms with Gasteiger partial charge in [-0.15, -0.1) is 11.3 Å². The topological polar surface area (TPSA) is 79.7 Å². The Labute approximate surface area is 199 Å². The maximum atomic E-state index is 12.9. The van der Waals surface area contributed by atoms with Crippen molar-refractivity contribution in [2.24, 2.45) is 10.9 Å². The summed E-state index contributed by atoms with van der Waals surface area (Å²) in [4.78, 5) is 30.3. The first-order chi connectivity index (χ1) is 15.5. The number of benzene rings is 1. The number of nitrogens with zero attached hydrogens (tertiary/aromatic N) is 4. The minimum absolute atomic E-state index is 0.00642. The van der Waals surface area contributed by atoms with Crippen LogP contribution in [0.3, 0.4) is 0 Å². The van der Waals surface area contributed by atoms with Crippen molar-refractivity contribution in [1.29, 1.82) is 0 Å². The lowest BCUT2D eigenvalue weighted by Crippen LogP contribution is -2.37. The molecule has 1 atom stereocenters. The van der Waals surface area contributed by atoms with Gasteiger partial charge in [-0.2, -0.15) is 0 Å². The molecule has 3 aromatic rings. The van der Waals surface area contributed by atoms with Gasteiger partial charge in [0.2, 0.25) is 5.91 Å². The minimum atomic E-state index is 0.00642. The Bertz CT molecular complexity index is 1220. The predicted molar refractivity (Wildman–Crippen MR) is 131 cm³/mol. The molecule has 1 aliphatic carbocycles. The van der Waals surface area contributed by atoms with Crippen LogP contribution in [0, 0.1) is 5.92 Å². The van der Waals surface area contributed by atoms with Gasteiger partial charge in [0.25, 0.3) is 0 Å². The molecule has 0 unspecified atom stereocenters. The molecule has 0 saturated heterocycles. The summed E-state index contributed by atoms with van der Waals surface area (Å²) in [5, 5.41) is 4.59. The summed E-state index contributed by atoms with van der Waals surface area (Å²) in [5.74, 6) is 1.01. The van der Waals surface area contributed by atoms with Crippen LogP contribution in [0.15, 0.2) is 27.9 Å². The molecule has 32 heavy (non-hydrogen) atoms. The maximum absolute atomic E-state index is 12.9. The molecule has 1 aliphatic heterocycles. The Kier molecular flexibility index (Phi) is 5.96. The summed E-state index contributed by atoms with van der Waals surface area (Å²) >= 11 is 5.36. The lowest BCUT2D eigenvalue weighted by atomic mass is 9.87. The molecule has 5 rings (SSSR count). The lowest BCUT2D eigenvalue weighted by Gasteiger charge is -2.26. The van der Waals surface area contributed by atoms with E-state index in [1.807, 2.05) is 13.3 Å². The Morgan fingerprint density at radius 3 is 3.09 bits per heavy atom. The molecule has 3 heterocycles. The zero-order valence-electron chi connectivity index (χ0n) is 18.0. The van der Waals surface area contributed by atoms with Gasteiger partial charge in [0, 0.05) is 42.2 Å². The van der Waals surface area contributed by atoms with Crippen LogP contribution in [0.1, 0.15) is 28.0 Å². The molecule has 2 aromatic heterocycles. The first-order valence-electron chi connectivity index (χ1n) is 10.6. The van der Waals surface area contributed by atoms with E-state index >= 15 is 0 Å². The summed E-state index contributed by atoms with van der Waals surface area (Å²) in [6, 6.07) is 4.22. The molecule has 7 nitrogen and oxygen atoms in total. The average molecular weight is 514 g/mol. The van der Waals surface area contributed by atoms with E-state index in [4.69, 9.17) is 4.74 Å². The van der Waals surface area contributed by atoms with Gasteiger partial charge in [0.1, 0.15) is 17.0 Å². The number of carbonyl (C=O) groups is 1. The van der Waals surface area contributed by atoms with Crippen LogP contribution in [0.4, 0.5) is 11.5 Å². The van der Waals surface area contributed by atoms with Crippen LogP contribution in [0.5, 0.6) is 0 Å². The number of halogens is 1. The molecule has 0 bridgehead atoms. The summed E-state index contributed by atoms with van der Waals surface area (Å²) in [7, 11) is 3.51. The third-order valence-electron chi connectivity index (χ3n) is 6.18. The van der Waals surface area contributed by atoms with Crippen LogP contribution < -0.4 is 5.32 Å². The van der Waals surface area contributed by atoms with E-state index in [1.165, 1.54) is 16.0 Å². The molecule has 0 radical (unpaired) electrons. The monoisotopic (exact) mass is 513 g/mol. The van der Waals surface area contributed by atoms with Crippen molar-refractivity contribution in [2.45, 2.75) is 25.8 Å². The number of thiophene rings is 1. The van der Waals surface area contributed by atoms with Crippen molar-refractivity contribution in [3.05, 3.63) is 44.5 Å². The third-order valence-corrected chi connectivity index (χ3v) is 7.99. The molecular formula is C23H24BrN5O2S. The molecule has 1 amide bonds. The van der Waals surface area contributed by atoms with Gasteiger partial charge in [0.15, 0.2) is 0 Å². The van der Waals surface area contributed by atoms with E-state index in [2.05, 4.69) is 48.3 Å². The van der Waals surface area contributed by atoms with Crippen LogP contribution in [0.25, 0.3) is 10.2 Å². The van der Waals surface area contributed by atoms with Gasteiger partial charge in [-0.05, 0) is 64.0 Å². The molecule has 0 saturated carbocycles. The summed E-state index contributed by atoms with van der Waals surface area (Å²) in [6.07, 6.45) is 5.96. The number of likely N-dealkylation sites (N-methyl/N-ethyl adjacent to an activating group) is 1. The Morgan fingerprint density at radius 2 is 2.25 bits per heavy atom. The first-order valence-corrected chi connectivity index (χ1v) is 12.2. The van der Waals surface area contributed by atoms with E-state index in [0.717, 1.165) is 57.6 Å². The van der Waals surface area contributed by atoms with E-state index in [1.54, 1.807) is 29.7 Å². The number of fused-ring (bicyclic) bond motifs is 4. The average Bonchev–Trinajstić information content (AvgIpc) is 3.40. The van der Waals surface area contributed by atoms with Crippen molar-refractivity contribution < 1.29 is 9.53 Å². The Morgan fingerprint density at radius 1 is 1.38 bits per heavy atom. The van der Waals surface area contributed by atoms with Gasteiger partial charge in [-0.25, -0.2) is 9.97 Å². The van der Waals surface area contributed by atoms with E-state index in [-0.39, 0.29) is 11.8 Å². The molecule has 0 spiro atoms. The van der Waals surface area contributed by atoms with Gasteiger partial charge in [-0.3, -0.25) is 9.79 Å². The molecule has 0 fully saturated rings. The predicted octanol–water partition coefficient (Wildman–Crippen LogP) is 4.34. The van der Waals surface area contributed by atoms with E-state index < -0.39 is 0 Å². The first kappa shape index (κ1) is 21.5. The number of methoxy groups -OCH3 is 1. The minimum Gasteiger partial charge on any atom is -0.383 e. The summed E-state index contributed by atoms with van der Waals surface area (Å²) < 4.78 is 6.10. The molecule has 166 valence electrons. The third kappa shape index (κ3) is 3.93. The normalized spacial score (nSPS) is 16.8. The molecule has 1 aromatic carbocycles. The van der Waals surface area contributed by atoms with Crippen LogP contribution in [-0.2, 0) is 28.9 Å². The number of hydrogen-bond acceptors (Lipinski definition) is 7. The lowest BCUT2D eigenvalue weighted by molar-refractivity contribution is -0.135. The van der Waals surface area contributed by atoms with Crippen LogP contribution >= 0.6 is 27.3 Å². The zero-order chi connectivity index (χ0) is 22.2. The Balaban J connectivity index is 1.43. The van der Waals surface area contributed by atoms with E-state index in [0.29, 0.717) is 13.2 Å². The fourth-order valence-electron chi connectivity index (χ4n) is 4.42. The number of rotatable bonds is 6. The highest BCUT2D eigenvalue weighted by Gasteiger charge is 2.30. The number of ether oxygens (including phenoxy) is 1. The second-order valence-electron chi connectivity index (χ2n) is 8.22. The number of aryl methyl sites for hydroxylation is 1. The van der Waals surface area contributed by atoms with Gasteiger partial charge >= 0.3 is 0 Å². The van der Waals surface area contributed by atoms with Gasteiger partial charge < -0.3 is 15.0 Å². The van der Waals surface area contributed by atoms with Crippen molar-refractivity contribution >= 4 is 61.1 Å². The quantitative estimate of drug-likeness (QED) is 0.530. The van der Waals surface area contributed by atoms with Crippen molar-refractivity contribution in [3.8, 4) is 0 Å². The Hall–Kier alpha value is -2.36. The molecule has 9 heteroatoms. The second-order valence-corrected chi connectivity index (χ2v) is 10.2. The fourth-order valence-corrected chi connectivity index (χ4v) is 6.18. The highest BCUT2D eigenvalue weighted by Crippen LogP contribution is 2.41. The number of amides is 1. The van der Waals surface area contributed by atoms with Crippen LogP contribution in [-0.4, -0.2) is 54.3 Å². The van der Waals surface area contributed by atoms with Crippen molar-refractivity contribution in [2.75, 3.05) is 32.6 Å². The maximum Gasteiger partial charge on any atom is 0.225 e. The summed E-state index contributed by atoms with van der Waals surface area (Å²) in [6.45, 7) is 1.90. The number of nitrogens with one attached hydrogen (secondary N) is 1. The number of aliphatic imine (C=N–C) groups is 1. The van der Waals surface area contributed by atoms with E-state index in [9.17, 15) is 4.79 Å². The van der Waals surface area contributed by atoms with Crippen LogP contribution in [0.2, 0.25) is 0 Å².